The molecule has 0 spiro atoms. The van der Waals surface area contributed by atoms with Gasteiger partial charge in [-0.15, -0.1) is 0 Å². The number of hydrogen-bond acceptors (Lipinski definition) is 4. The van der Waals surface area contributed by atoms with Crippen LogP contribution in [0.5, 0.6) is 0 Å². The molecular weight excluding hydrogens is 338 g/mol. The van der Waals surface area contributed by atoms with E-state index in [0.717, 1.165) is 10.9 Å². The molecule has 4 aromatic rings. The summed E-state index contributed by atoms with van der Waals surface area (Å²) in [6.45, 7) is 0. The van der Waals surface area contributed by atoms with Gasteiger partial charge >= 0.3 is 0 Å². The number of aromatic nitrogens is 4. The third-order valence-corrected chi connectivity index (χ3v) is 4.07. The minimum atomic E-state index is -0.245. The van der Waals surface area contributed by atoms with Crippen molar-refractivity contribution in [3.8, 4) is 11.8 Å². The molecule has 0 saturated carbocycles. The zero-order chi connectivity index (χ0) is 18.6. The van der Waals surface area contributed by atoms with Crippen LogP contribution in [0, 0.1) is 11.8 Å². The molecule has 130 valence electrons. The summed E-state index contributed by atoms with van der Waals surface area (Å²) in [7, 11) is 1.79. The average Bonchev–Trinajstić information content (AvgIpc) is 3.05. The maximum Gasteiger partial charge on any atom is 0.272 e. The lowest BCUT2D eigenvalue weighted by Gasteiger charge is -2.05. The number of pyridine rings is 1. The Bertz CT molecular complexity index is 1170. The summed E-state index contributed by atoms with van der Waals surface area (Å²) in [4.78, 5) is 25.2. The lowest BCUT2D eigenvalue weighted by atomic mass is 10.2. The molecule has 3 aromatic heterocycles. The van der Waals surface area contributed by atoms with E-state index < -0.39 is 0 Å². The fraction of sp³-hybridized carbons (Fsp3) is 0.0476. The first-order chi connectivity index (χ1) is 13.2. The number of carbonyl (C=O) groups excluding carboxylic acids is 1. The Kier molecular flexibility index (Phi) is 4.33. The van der Waals surface area contributed by atoms with Crippen molar-refractivity contribution in [3.05, 3.63) is 84.2 Å². The first kappa shape index (κ1) is 16.5. The lowest BCUT2D eigenvalue weighted by molar-refractivity contribution is 0.101. The number of amides is 1. The molecule has 0 radical (unpaired) electrons. The van der Waals surface area contributed by atoms with Crippen LogP contribution in [0.1, 0.15) is 21.7 Å². The van der Waals surface area contributed by atoms with Gasteiger partial charge in [0, 0.05) is 18.8 Å². The quantitative estimate of drug-likeness (QED) is 0.562. The normalized spacial score (nSPS) is 10.3. The second-order valence-electron chi connectivity index (χ2n) is 5.86. The first-order valence-electron chi connectivity index (χ1n) is 8.31. The van der Waals surface area contributed by atoms with Crippen molar-refractivity contribution < 1.29 is 4.79 Å². The molecule has 0 aliphatic carbocycles. The highest BCUT2D eigenvalue weighted by molar-refractivity contribution is 6.06. The van der Waals surface area contributed by atoms with Crippen molar-refractivity contribution >= 4 is 22.6 Å². The van der Waals surface area contributed by atoms with E-state index in [9.17, 15) is 4.79 Å². The minimum absolute atomic E-state index is 0.245. The van der Waals surface area contributed by atoms with Crippen LogP contribution in [-0.4, -0.2) is 25.4 Å². The Hall–Kier alpha value is -3.98. The first-order valence-corrected chi connectivity index (χ1v) is 8.31. The molecule has 6 heteroatoms. The van der Waals surface area contributed by atoms with E-state index in [-0.39, 0.29) is 5.91 Å². The molecule has 0 aliphatic heterocycles. The molecule has 6 nitrogen and oxygen atoms in total. The molecule has 1 amide bonds. The Balaban J connectivity index is 1.71. The van der Waals surface area contributed by atoms with Gasteiger partial charge in [0.1, 0.15) is 23.4 Å². The SMILES string of the molecule is Cn1c(C(=O)Nc2cccnc2)cc2c(C#Cc3ccccc3)ncnc21. The van der Waals surface area contributed by atoms with Gasteiger partial charge in [-0.25, -0.2) is 9.97 Å². The van der Waals surface area contributed by atoms with E-state index >= 15 is 0 Å². The molecule has 4 rings (SSSR count). The van der Waals surface area contributed by atoms with Crippen molar-refractivity contribution in [3.63, 3.8) is 0 Å². The Morgan fingerprint density at radius 3 is 2.70 bits per heavy atom. The van der Waals surface area contributed by atoms with Gasteiger partial charge in [0.15, 0.2) is 0 Å². The maximum absolute atomic E-state index is 12.7. The summed E-state index contributed by atoms with van der Waals surface area (Å²) in [6.07, 6.45) is 4.71. The van der Waals surface area contributed by atoms with Gasteiger partial charge in [-0.1, -0.05) is 24.1 Å². The van der Waals surface area contributed by atoms with E-state index in [1.165, 1.54) is 6.33 Å². The Labute approximate surface area is 155 Å². The van der Waals surface area contributed by atoms with Gasteiger partial charge in [0.2, 0.25) is 0 Å². The fourth-order valence-corrected chi connectivity index (χ4v) is 2.74. The molecule has 0 saturated heterocycles. The van der Waals surface area contributed by atoms with Crippen LogP contribution in [-0.2, 0) is 7.05 Å². The van der Waals surface area contributed by atoms with Crippen LogP contribution >= 0.6 is 0 Å². The van der Waals surface area contributed by atoms with Gasteiger partial charge in [0.25, 0.3) is 5.91 Å². The third kappa shape index (κ3) is 3.39. The van der Waals surface area contributed by atoms with Crippen LogP contribution in [0.15, 0.2) is 67.3 Å². The van der Waals surface area contributed by atoms with E-state index in [2.05, 4.69) is 32.1 Å². The van der Waals surface area contributed by atoms with Gasteiger partial charge in [-0.05, 0) is 36.3 Å². The third-order valence-electron chi connectivity index (χ3n) is 4.07. The Morgan fingerprint density at radius 1 is 1.07 bits per heavy atom. The number of nitrogens with one attached hydrogen (secondary N) is 1. The minimum Gasteiger partial charge on any atom is -0.324 e. The highest BCUT2D eigenvalue weighted by Gasteiger charge is 2.16. The van der Waals surface area contributed by atoms with Crippen LogP contribution in [0.4, 0.5) is 5.69 Å². The van der Waals surface area contributed by atoms with Crippen molar-refractivity contribution in [1.29, 1.82) is 0 Å². The van der Waals surface area contributed by atoms with Crippen molar-refractivity contribution in [1.82, 2.24) is 19.5 Å². The molecule has 0 unspecified atom stereocenters. The number of nitrogens with zero attached hydrogens (tertiary/aromatic N) is 4. The van der Waals surface area contributed by atoms with Gasteiger partial charge in [0.05, 0.1) is 17.3 Å². The number of aryl methyl sites for hydroxylation is 1. The van der Waals surface area contributed by atoms with E-state index in [0.29, 0.717) is 22.7 Å². The Morgan fingerprint density at radius 2 is 1.93 bits per heavy atom. The molecule has 0 aliphatic rings. The van der Waals surface area contributed by atoms with Crippen LogP contribution in [0.3, 0.4) is 0 Å². The highest BCUT2D eigenvalue weighted by Crippen LogP contribution is 2.20. The largest absolute Gasteiger partial charge is 0.324 e. The number of rotatable bonds is 2. The lowest BCUT2D eigenvalue weighted by Crippen LogP contribution is -2.15. The molecular formula is C21H15N5O. The van der Waals surface area contributed by atoms with Gasteiger partial charge in [-0.3, -0.25) is 9.78 Å². The van der Waals surface area contributed by atoms with Gasteiger partial charge < -0.3 is 9.88 Å². The van der Waals surface area contributed by atoms with Crippen molar-refractivity contribution in [2.24, 2.45) is 7.05 Å². The topological polar surface area (TPSA) is 72.7 Å². The maximum atomic E-state index is 12.7. The predicted molar refractivity (Wildman–Crippen MR) is 103 cm³/mol. The summed E-state index contributed by atoms with van der Waals surface area (Å²) in [6, 6.07) is 15.0. The predicted octanol–water partition coefficient (Wildman–Crippen LogP) is 3.02. The van der Waals surface area contributed by atoms with Crippen LogP contribution in [0.2, 0.25) is 0 Å². The zero-order valence-corrected chi connectivity index (χ0v) is 14.5. The fourth-order valence-electron chi connectivity index (χ4n) is 2.74. The molecule has 1 N–H and O–H groups in total. The van der Waals surface area contributed by atoms with Crippen LogP contribution < -0.4 is 5.32 Å². The second-order valence-corrected chi connectivity index (χ2v) is 5.86. The average molecular weight is 353 g/mol. The molecule has 0 atom stereocenters. The van der Waals surface area contributed by atoms with Crippen LogP contribution in [0.25, 0.3) is 11.0 Å². The van der Waals surface area contributed by atoms with Crippen molar-refractivity contribution in [2.45, 2.75) is 0 Å². The zero-order valence-electron chi connectivity index (χ0n) is 14.5. The number of anilines is 1. The summed E-state index contributed by atoms with van der Waals surface area (Å²) in [5.41, 5.74) is 3.23. The van der Waals surface area contributed by atoms with E-state index in [4.69, 9.17) is 0 Å². The number of benzene rings is 1. The second kappa shape index (κ2) is 7.10. The molecule has 27 heavy (non-hydrogen) atoms. The summed E-state index contributed by atoms with van der Waals surface area (Å²) in [5.74, 6) is 5.92. The highest BCUT2D eigenvalue weighted by atomic mass is 16.1. The number of hydrogen-bond donors (Lipinski definition) is 1. The standard InChI is InChI=1S/C21H15N5O/c1-26-19(21(27)25-16-8-5-11-22-13-16)12-17-18(23-14-24-20(17)26)10-9-15-6-3-2-4-7-15/h2-8,11-14H,1H3,(H,25,27). The summed E-state index contributed by atoms with van der Waals surface area (Å²) in [5, 5.41) is 3.57. The number of fused-ring (bicyclic) bond motifs is 1. The van der Waals surface area contributed by atoms with Crippen molar-refractivity contribution in [2.75, 3.05) is 5.32 Å². The molecule has 3 heterocycles. The molecule has 0 bridgehead atoms. The number of carbonyl (C=O) groups is 1. The molecule has 1 aromatic carbocycles. The van der Waals surface area contributed by atoms with E-state index in [1.807, 2.05) is 30.3 Å². The summed E-state index contributed by atoms with van der Waals surface area (Å²) < 4.78 is 1.73. The van der Waals surface area contributed by atoms with Gasteiger partial charge in [-0.2, -0.15) is 0 Å². The monoisotopic (exact) mass is 353 g/mol. The summed E-state index contributed by atoms with van der Waals surface area (Å²) >= 11 is 0. The smallest absolute Gasteiger partial charge is 0.272 e. The molecule has 0 fully saturated rings. The van der Waals surface area contributed by atoms with E-state index in [1.54, 1.807) is 42.2 Å².